The topological polar surface area (TPSA) is 27.7 Å². The first-order chi connectivity index (χ1) is 15.5. The van der Waals surface area contributed by atoms with Crippen LogP contribution >= 0.6 is 0 Å². The molecule has 0 aromatic rings. The Labute approximate surface area is 201 Å². The van der Waals surface area contributed by atoms with Crippen LogP contribution in [-0.2, 0) is 14.2 Å². The van der Waals surface area contributed by atoms with Crippen molar-refractivity contribution in [3.05, 3.63) is 0 Å². The number of nitrogens with zero attached hydrogens (tertiary/aromatic N) is 1. The largest absolute Gasteiger partial charge is 0.379 e. The van der Waals surface area contributed by atoms with Gasteiger partial charge >= 0.3 is 0 Å². The van der Waals surface area contributed by atoms with E-state index in [1.54, 1.807) is 0 Å². The molecule has 4 nitrogen and oxygen atoms in total. The van der Waals surface area contributed by atoms with Crippen molar-refractivity contribution in [1.29, 1.82) is 0 Å². The number of rotatable bonds is 23. The van der Waals surface area contributed by atoms with E-state index >= 15 is 0 Å². The molecule has 0 bridgehead atoms. The van der Waals surface area contributed by atoms with E-state index in [9.17, 15) is 0 Å². The highest BCUT2D eigenvalue weighted by molar-refractivity contribution is 4.65. The van der Waals surface area contributed by atoms with E-state index in [1.165, 1.54) is 109 Å². The molecule has 1 saturated heterocycles. The van der Waals surface area contributed by atoms with Crippen LogP contribution in [0.2, 0.25) is 0 Å². The molecular weight excluding hydrogens is 398 g/mol. The lowest BCUT2D eigenvalue weighted by atomic mass is 10.0. The minimum Gasteiger partial charge on any atom is -0.379 e. The highest BCUT2D eigenvalue weighted by Crippen LogP contribution is 2.19. The van der Waals surface area contributed by atoms with Gasteiger partial charge in [-0.2, -0.15) is 0 Å². The number of ether oxygens (including phenoxy) is 3. The summed E-state index contributed by atoms with van der Waals surface area (Å²) in [4.78, 5) is 0. The van der Waals surface area contributed by atoms with Crippen LogP contribution in [-0.4, -0.2) is 64.4 Å². The predicted octanol–water partition coefficient (Wildman–Crippen LogP) is 7.49. The fourth-order valence-electron chi connectivity index (χ4n) is 4.43. The van der Waals surface area contributed by atoms with E-state index in [4.69, 9.17) is 14.2 Å². The molecule has 0 saturated carbocycles. The van der Waals surface area contributed by atoms with Gasteiger partial charge < -0.3 is 18.7 Å². The maximum absolute atomic E-state index is 5.99. The van der Waals surface area contributed by atoms with Crippen LogP contribution in [0.25, 0.3) is 0 Å². The SMILES string of the molecule is CCCCCCCCCCCCCCCCCC1OCC(COCCCC[N+](C)(C)C)O1. The van der Waals surface area contributed by atoms with Gasteiger partial charge in [0.2, 0.25) is 0 Å². The lowest BCUT2D eigenvalue weighted by Gasteiger charge is -2.23. The zero-order valence-electron chi connectivity index (χ0n) is 22.4. The van der Waals surface area contributed by atoms with Gasteiger partial charge in [0, 0.05) is 6.61 Å². The van der Waals surface area contributed by atoms with E-state index in [0.29, 0.717) is 13.2 Å². The number of hydrogen-bond donors (Lipinski definition) is 0. The van der Waals surface area contributed by atoms with Crippen molar-refractivity contribution < 1.29 is 18.7 Å². The second-order valence-electron chi connectivity index (χ2n) is 11.1. The van der Waals surface area contributed by atoms with Gasteiger partial charge in [-0.3, -0.25) is 0 Å². The van der Waals surface area contributed by atoms with Crippen LogP contribution in [0.1, 0.15) is 122 Å². The number of quaternary nitrogens is 1. The van der Waals surface area contributed by atoms with Gasteiger partial charge in [-0.05, 0) is 25.7 Å². The summed E-state index contributed by atoms with van der Waals surface area (Å²) in [5, 5.41) is 0. The molecule has 1 rings (SSSR count). The Morgan fingerprint density at radius 1 is 0.688 bits per heavy atom. The van der Waals surface area contributed by atoms with Crippen molar-refractivity contribution in [2.75, 3.05) is 47.5 Å². The summed E-state index contributed by atoms with van der Waals surface area (Å²) >= 11 is 0. The summed E-state index contributed by atoms with van der Waals surface area (Å²) < 4.78 is 18.6. The van der Waals surface area contributed by atoms with Gasteiger partial charge in [0.05, 0.1) is 40.9 Å². The van der Waals surface area contributed by atoms with Crippen molar-refractivity contribution in [2.24, 2.45) is 0 Å². The van der Waals surface area contributed by atoms with E-state index in [-0.39, 0.29) is 12.4 Å². The van der Waals surface area contributed by atoms with Crippen LogP contribution in [0.3, 0.4) is 0 Å². The first-order valence-corrected chi connectivity index (χ1v) is 14.2. The molecule has 0 aromatic heterocycles. The first-order valence-electron chi connectivity index (χ1n) is 14.2. The number of unbranched alkanes of at least 4 members (excludes halogenated alkanes) is 15. The van der Waals surface area contributed by atoms with Crippen LogP contribution in [0.4, 0.5) is 0 Å². The predicted molar refractivity (Wildman–Crippen MR) is 137 cm³/mol. The molecule has 0 aliphatic carbocycles. The quantitative estimate of drug-likeness (QED) is 0.118. The molecule has 192 valence electrons. The summed E-state index contributed by atoms with van der Waals surface area (Å²) in [6.07, 6.45) is 24.6. The maximum Gasteiger partial charge on any atom is 0.158 e. The molecule has 0 N–H and O–H groups in total. The fourth-order valence-corrected chi connectivity index (χ4v) is 4.43. The van der Waals surface area contributed by atoms with Crippen LogP contribution in [0, 0.1) is 0 Å². The summed E-state index contributed by atoms with van der Waals surface area (Å²) in [5.41, 5.74) is 0. The highest BCUT2D eigenvalue weighted by atomic mass is 16.7. The molecule has 4 heteroatoms. The lowest BCUT2D eigenvalue weighted by Crippen LogP contribution is -2.35. The Hall–Kier alpha value is -0.160. The average Bonchev–Trinajstić information content (AvgIpc) is 3.20. The van der Waals surface area contributed by atoms with Crippen molar-refractivity contribution in [3.8, 4) is 0 Å². The molecule has 0 aromatic carbocycles. The van der Waals surface area contributed by atoms with Gasteiger partial charge in [0.25, 0.3) is 0 Å². The lowest BCUT2D eigenvalue weighted by molar-refractivity contribution is -0.870. The van der Waals surface area contributed by atoms with Gasteiger partial charge in [0.15, 0.2) is 6.29 Å². The summed E-state index contributed by atoms with van der Waals surface area (Å²) in [7, 11) is 6.72. The minimum atomic E-state index is 0.00348. The monoisotopic (exact) mass is 456 g/mol. The van der Waals surface area contributed by atoms with Crippen LogP contribution in [0.5, 0.6) is 0 Å². The third-order valence-corrected chi connectivity index (χ3v) is 6.53. The number of hydrogen-bond acceptors (Lipinski definition) is 3. The molecule has 1 fully saturated rings. The summed E-state index contributed by atoms with van der Waals surface area (Å²) in [5.74, 6) is 0. The second-order valence-corrected chi connectivity index (χ2v) is 11.1. The van der Waals surface area contributed by atoms with Crippen molar-refractivity contribution in [2.45, 2.75) is 135 Å². The average molecular weight is 457 g/mol. The molecule has 1 aliphatic rings. The van der Waals surface area contributed by atoms with Gasteiger partial charge in [-0.25, -0.2) is 0 Å². The molecule has 1 aliphatic heterocycles. The van der Waals surface area contributed by atoms with Crippen molar-refractivity contribution >= 4 is 0 Å². The molecule has 0 spiro atoms. The zero-order valence-corrected chi connectivity index (χ0v) is 22.4. The van der Waals surface area contributed by atoms with Gasteiger partial charge in [0.1, 0.15) is 6.10 Å². The zero-order chi connectivity index (χ0) is 23.3. The Morgan fingerprint density at radius 2 is 1.22 bits per heavy atom. The minimum absolute atomic E-state index is 0.00348. The normalized spacial score (nSPS) is 19.1. The molecule has 32 heavy (non-hydrogen) atoms. The highest BCUT2D eigenvalue weighted by Gasteiger charge is 2.25. The molecule has 0 amide bonds. The smallest absolute Gasteiger partial charge is 0.158 e. The van der Waals surface area contributed by atoms with E-state index < -0.39 is 0 Å². The van der Waals surface area contributed by atoms with Crippen LogP contribution in [0.15, 0.2) is 0 Å². The molecule has 2 unspecified atom stereocenters. The molecular formula is C28H58NO3+. The second kappa shape index (κ2) is 20.2. The van der Waals surface area contributed by atoms with Gasteiger partial charge in [-0.1, -0.05) is 96.8 Å². The standard InChI is InChI=1S/C28H58NO3/c1-5-6-7-8-9-10-11-12-13-14-15-16-17-18-19-22-28-31-26-27(32-28)25-30-24-21-20-23-29(2,3)4/h27-28H,5-26H2,1-4H3/q+1. The van der Waals surface area contributed by atoms with Crippen molar-refractivity contribution in [3.63, 3.8) is 0 Å². The van der Waals surface area contributed by atoms with Gasteiger partial charge in [-0.15, -0.1) is 0 Å². The van der Waals surface area contributed by atoms with E-state index in [2.05, 4.69) is 28.1 Å². The van der Waals surface area contributed by atoms with Crippen LogP contribution < -0.4 is 0 Å². The molecule has 2 atom stereocenters. The maximum atomic E-state index is 5.99. The summed E-state index contributed by atoms with van der Waals surface area (Å²) in [6.45, 7) is 5.71. The molecule has 1 heterocycles. The first kappa shape index (κ1) is 29.9. The Bertz CT molecular complexity index is 397. The Morgan fingerprint density at radius 3 is 1.75 bits per heavy atom. The van der Waals surface area contributed by atoms with E-state index in [0.717, 1.165) is 23.9 Å². The Kier molecular flexibility index (Phi) is 18.9. The van der Waals surface area contributed by atoms with E-state index in [1.807, 2.05) is 0 Å². The Balaban J connectivity index is 1.78. The third-order valence-electron chi connectivity index (χ3n) is 6.53. The third kappa shape index (κ3) is 19.3. The molecule has 0 radical (unpaired) electrons. The fraction of sp³-hybridized carbons (Fsp3) is 1.00. The van der Waals surface area contributed by atoms with Crippen molar-refractivity contribution in [1.82, 2.24) is 0 Å². The summed E-state index contributed by atoms with van der Waals surface area (Å²) in [6, 6.07) is 0.